The fourth-order valence-corrected chi connectivity index (χ4v) is 2.12. The van der Waals surface area contributed by atoms with Gasteiger partial charge in [-0.15, -0.1) is 0 Å². The van der Waals surface area contributed by atoms with Gasteiger partial charge in [0.1, 0.15) is 0 Å². The third-order valence-corrected chi connectivity index (χ3v) is 3.46. The average Bonchev–Trinajstić information content (AvgIpc) is 2.73. The Morgan fingerprint density at radius 2 is 2.11 bits per heavy atom. The van der Waals surface area contributed by atoms with Crippen LogP contribution < -0.4 is 5.76 Å². The number of carbonyl (C=O) groups excluding carboxylic acids is 1. The van der Waals surface area contributed by atoms with Crippen LogP contribution in [0.3, 0.4) is 0 Å². The van der Waals surface area contributed by atoms with Gasteiger partial charge in [0.05, 0.1) is 5.52 Å². The van der Waals surface area contributed by atoms with Gasteiger partial charge in [0, 0.05) is 18.0 Å². The van der Waals surface area contributed by atoms with Crippen molar-refractivity contribution >= 4 is 16.9 Å². The van der Waals surface area contributed by atoms with E-state index in [1.807, 2.05) is 20.8 Å². The Bertz CT molecular complexity index is 651. The molecule has 0 saturated heterocycles. The standard InChI is InChI=1S/C15H19NO3/c1-4-8-16-12-7-6-11(14(17)10(3)5-2)9-13(12)19-15(16)18/h6-7,9-10H,4-5,8H2,1-3H3. The van der Waals surface area contributed by atoms with Crippen LogP contribution in [0.2, 0.25) is 0 Å². The topological polar surface area (TPSA) is 52.2 Å². The van der Waals surface area contributed by atoms with Gasteiger partial charge in [-0.05, 0) is 31.0 Å². The summed E-state index contributed by atoms with van der Waals surface area (Å²) in [7, 11) is 0. The minimum Gasteiger partial charge on any atom is -0.408 e. The maximum atomic E-state index is 12.1. The Labute approximate surface area is 112 Å². The normalized spacial score (nSPS) is 12.8. The summed E-state index contributed by atoms with van der Waals surface area (Å²) in [6.45, 7) is 6.53. The van der Waals surface area contributed by atoms with Gasteiger partial charge in [-0.3, -0.25) is 9.36 Å². The molecular weight excluding hydrogens is 242 g/mol. The summed E-state index contributed by atoms with van der Waals surface area (Å²) in [5.74, 6) is -0.276. The maximum absolute atomic E-state index is 12.1. The molecule has 1 atom stereocenters. The van der Waals surface area contributed by atoms with Crippen molar-refractivity contribution in [1.29, 1.82) is 0 Å². The van der Waals surface area contributed by atoms with Gasteiger partial charge < -0.3 is 4.42 Å². The number of hydrogen-bond donors (Lipinski definition) is 0. The Morgan fingerprint density at radius 1 is 1.37 bits per heavy atom. The van der Waals surface area contributed by atoms with Gasteiger partial charge in [-0.2, -0.15) is 0 Å². The number of aryl methyl sites for hydroxylation is 1. The summed E-state index contributed by atoms with van der Waals surface area (Å²) >= 11 is 0. The van der Waals surface area contributed by atoms with Crippen molar-refractivity contribution in [2.24, 2.45) is 5.92 Å². The second-order valence-corrected chi connectivity index (χ2v) is 4.88. The fourth-order valence-electron chi connectivity index (χ4n) is 2.12. The summed E-state index contributed by atoms with van der Waals surface area (Å²) in [6.07, 6.45) is 1.67. The Balaban J connectivity index is 2.48. The molecule has 0 spiro atoms. The smallest absolute Gasteiger partial charge is 0.408 e. The molecule has 0 fully saturated rings. The summed E-state index contributed by atoms with van der Waals surface area (Å²) in [5.41, 5.74) is 1.86. The van der Waals surface area contributed by atoms with E-state index < -0.39 is 0 Å². The van der Waals surface area contributed by atoms with Gasteiger partial charge in [-0.1, -0.05) is 20.8 Å². The van der Waals surface area contributed by atoms with E-state index in [1.54, 1.807) is 22.8 Å². The number of fused-ring (bicyclic) bond motifs is 1. The molecular formula is C15H19NO3. The molecule has 0 amide bonds. The number of carbonyl (C=O) groups is 1. The van der Waals surface area contributed by atoms with Gasteiger partial charge in [-0.25, -0.2) is 4.79 Å². The predicted octanol–water partition coefficient (Wildman–Crippen LogP) is 3.23. The molecule has 2 rings (SSSR count). The molecule has 4 nitrogen and oxygen atoms in total. The molecule has 0 aliphatic rings. The first-order chi connectivity index (χ1) is 9.08. The van der Waals surface area contributed by atoms with Crippen molar-refractivity contribution in [2.45, 2.75) is 40.2 Å². The van der Waals surface area contributed by atoms with Crippen molar-refractivity contribution in [3.05, 3.63) is 34.3 Å². The summed E-state index contributed by atoms with van der Waals surface area (Å²) in [5, 5.41) is 0. The quantitative estimate of drug-likeness (QED) is 0.776. The molecule has 0 aliphatic heterocycles. The zero-order valence-electron chi connectivity index (χ0n) is 11.6. The molecule has 0 radical (unpaired) electrons. The number of oxazole rings is 1. The van der Waals surface area contributed by atoms with Crippen molar-refractivity contribution in [1.82, 2.24) is 4.57 Å². The van der Waals surface area contributed by atoms with Crippen LogP contribution in [0.1, 0.15) is 44.0 Å². The Kier molecular flexibility index (Phi) is 3.88. The average molecular weight is 261 g/mol. The minimum atomic E-state index is -0.356. The SMILES string of the molecule is CCCn1c(=O)oc2cc(C(=O)C(C)CC)ccc21. The first-order valence-corrected chi connectivity index (χ1v) is 6.76. The molecule has 4 heteroatoms. The molecule has 1 aromatic carbocycles. The lowest BCUT2D eigenvalue weighted by molar-refractivity contribution is 0.0927. The lowest BCUT2D eigenvalue weighted by Gasteiger charge is -2.07. The lowest BCUT2D eigenvalue weighted by atomic mass is 9.97. The van der Waals surface area contributed by atoms with E-state index in [9.17, 15) is 9.59 Å². The first-order valence-electron chi connectivity index (χ1n) is 6.76. The van der Waals surface area contributed by atoms with Gasteiger partial charge in [0.15, 0.2) is 11.4 Å². The number of aromatic nitrogens is 1. The highest BCUT2D eigenvalue weighted by atomic mass is 16.4. The van der Waals surface area contributed by atoms with Gasteiger partial charge in [0.25, 0.3) is 0 Å². The summed E-state index contributed by atoms with van der Waals surface area (Å²) in [4.78, 5) is 23.8. The van der Waals surface area contributed by atoms with E-state index in [0.29, 0.717) is 17.7 Å². The van der Waals surface area contributed by atoms with Crippen molar-refractivity contribution < 1.29 is 9.21 Å². The van der Waals surface area contributed by atoms with Crippen molar-refractivity contribution in [2.75, 3.05) is 0 Å². The van der Waals surface area contributed by atoms with Crippen molar-refractivity contribution in [3.63, 3.8) is 0 Å². The van der Waals surface area contributed by atoms with E-state index in [0.717, 1.165) is 18.4 Å². The predicted molar refractivity (Wildman–Crippen MR) is 74.6 cm³/mol. The molecule has 102 valence electrons. The van der Waals surface area contributed by atoms with Crippen LogP contribution in [-0.4, -0.2) is 10.4 Å². The number of benzene rings is 1. The zero-order valence-corrected chi connectivity index (χ0v) is 11.6. The molecule has 0 aliphatic carbocycles. The molecule has 2 aromatic rings. The zero-order chi connectivity index (χ0) is 14.0. The first kappa shape index (κ1) is 13.6. The highest BCUT2D eigenvalue weighted by Gasteiger charge is 2.16. The minimum absolute atomic E-state index is 0.0121. The second-order valence-electron chi connectivity index (χ2n) is 4.88. The molecule has 19 heavy (non-hydrogen) atoms. The van der Waals surface area contributed by atoms with E-state index in [1.165, 1.54) is 0 Å². The number of Topliss-reactive ketones (excluding diaryl/α,β-unsaturated/α-hetero) is 1. The number of nitrogens with zero attached hydrogens (tertiary/aromatic N) is 1. The number of rotatable bonds is 5. The molecule has 1 unspecified atom stereocenters. The van der Waals surface area contributed by atoms with E-state index in [2.05, 4.69) is 0 Å². The van der Waals surface area contributed by atoms with Crippen LogP contribution in [0.5, 0.6) is 0 Å². The molecule has 0 bridgehead atoms. The fraction of sp³-hybridized carbons (Fsp3) is 0.467. The van der Waals surface area contributed by atoms with E-state index >= 15 is 0 Å². The Hall–Kier alpha value is -1.84. The monoisotopic (exact) mass is 261 g/mol. The van der Waals surface area contributed by atoms with Crippen LogP contribution in [-0.2, 0) is 6.54 Å². The van der Waals surface area contributed by atoms with Crippen LogP contribution in [0.25, 0.3) is 11.1 Å². The lowest BCUT2D eigenvalue weighted by Crippen LogP contribution is -2.13. The number of hydrogen-bond acceptors (Lipinski definition) is 3. The highest BCUT2D eigenvalue weighted by molar-refractivity contribution is 5.99. The largest absolute Gasteiger partial charge is 0.419 e. The van der Waals surface area contributed by atoms with Crippen LogP contribution >= 0.6 is 0 Å². The molecule has 0 N–H and O–H groups in total. The van der Waals surface area contributed by atoms with E-state index in [-0.39, 0.29) is 17.5 Å². The van der Waals surface area contributed by atoms with Crippen LogP contribution in [0.4, 0.5) is 0 Å². The van der Waals surface area contributed by atoms with Crippen molar-refractivity contribution in [3.8, 4) is 0 Å². The maximum Gasteiger partial charge on any atom is 0.419 e. The second kappa shape index (κ2) is 5.43. The van der Waals surface area contributed by atoms with Crippen LogP contribution in [0.15, 0.2) is 27.4 Å². The summed E-state index contributed by atoms with van der Waals surface area (Å²) < 4.78 is 6.81. The number of ketones is 1. The third-order valence-electron chi connectivity index (χ3n) is 3.46. The summed E-state index contributed by atoms with van der Waals surface area (Å²) in [6, 6.07) is 5.25. The molecule has 0 saturated carbocycles. The van der Waals surface area contributed by atoms with Gasteiger partial charge in [0.2, 0.25) is 0 Å². The Morgan fingerprint density at radius 3 is 2.74 bits per heavy atom. The van der Waals surface area contributed by atoms with E-state index in [4.69, 9.17) is 4.42 Å². The molecule has 1 aromatic heterocycles. The molecule has 1 heterocycles. The van der Waals surface area contributed by atoms with Crippen LogP contribution in [0, 0.1) is 5.92 Å². The highest BCUT2D eigenvalue weighted by Crippen LogP contribution is 2.19. The van der Waals surface area contributed by atoms with Gasteiger partial charge >= 0.3 is 5.76 Å². The third kappa shape index (κ3) is 2.48.